The second kappa shape index (κ2) is 7.27. The monoisotopic (exact) mass is 266 g/mol. The molecule has 1 atom stereocenters. The topological polar surface area (TPSA) is 15.3 Å². The molecular formula is C15H26N2S. The van der Waals surface area contributed by atoms with E-state index in [0.29, 0.717) is 0 Å². The summed E-state index contributed by atoms with van der Waals surface area (Å²) < 4.78 is 0. The molecule has 2 rings (SSSR count). The number of rotatable bonds is 6. The van der Waals surface area contributed by atoms with Crippen molar-refractivity contribution in [1.82, 2.24) is 10.2 Å². The molecule has 1 aromatic rings. The predicted molar refractivity (Wildman–Crippen MR) is 80.2 cm³/mol. The van der Waals surface area contributed by atoms with Gasteiger partial charge in [-0.3, -0.25) is 4.90 Å². The van der Waals surface area contributed by atoms with E-state index >= 15 is 0 Å². The number of aryl methyl sites for hydroxylation is 1. The lowest BCUT2D eigenvalue weighted by atomic mass is 9.99. The Labute approximate surface area is 115 Å². The van der Waals surface area contributed by atoms with Crippen molar-refractivity contribution in [1.29, 1.82) is 0 Å². The van der Waals surface area contributed by atoms with E-state index in [4.69, 9.17) is 0 Å². The van der Waals surface area contributed by atoms with Crippen LogP contribution in [-0.2, 0) is 6.54 Å². The van der Waals surface area contributed by atoms with Gasteiger partial charge in [0.05, 0.1) is 0 Å². The van der Waals surface area contributed by atoms with Gasteiger partial charge >= 0.3 is 0 Å². The van der Waals surface area contributed by atoms with E-state index in [1.165, 1.54) is 51.0 Å². The molecule has 0 saturated carbocycles. The fourth-order valence-electron chi connectivity index (χ4n) is 2.77. The first-order valence-corrected chi connectivity index (χ1v) is 8.13. The minimum Gasteiger partial charge on any atom is -0.316 e. The summed E-state index contributed by atoms with van der Waals surface area (Å²) in [6.07, 6.45) is 4.00. The van der Waals surface area contributed by atoms with Crippen LogP contribution in [0.5, 0.6) is 0 Å². The zero-order valence-corrected chi connectivity index (χ0v) is 12.6. The Hall–Kier alpha value is -0.380. The molecule has 1 fully saturated rings. The normalized spacial score (nSPS) is 20.5. The fraction of sp³-hybridized carbons (Fsp3) is 0.733. The van der Waals surface area contributed by atoms with Crippen LogP contribution in [0.1, 0.15) is 36.6 Å². The maximum absolute atomic E-state index is 3.53. The van der Waals surface area contributed by atoms with Crippen molar-refractivity contribution in [3.63, 3.8) is 0 Å². The largest absolute Gasteiger partial charge is 0.316 e. The zero-order chi connectivity index (χ0) is 12.8. The molecular weight excluding hydrogens is 240 g/mol. The van der Waals surface area contributed by atoms with E-state index in [9.17, 15) is 0 Å². The zero-order valence-electron chi connectivity index (χ0n) is 11.7. The Bertz CT molecular complexity index is 342. The maximum Gasteiger partial charge on any atom is 0.0330 e. The van der Waals surface area contributed by atoms with Crippen molar-refractivity contribution in [2.45, 2.75) is 39.7 Å². The highest BCUT2D eigenvalue weighted by molar-refractivity contribution is 7.10. The Morgan fingerprint density at radius 3 is 3.00 bits per heavy atom. The van der Waals surface area contributed by atoms with E-state index in [1.807, 2.05) is 11.3 Å². The molecule has 2 nitrogen and oxygen atoms in total. The summed E-state index contributed by atoms with van der Waals surface area (Å²) in [5.74, 6) is 0.852. The van der Waals surface area contributed by atoms with Gasteiger partial charge in [0.15, 0.2) is 0 Å². The number of thiophene rings is 1. The quantitative estimate of drug-likeness (QED) is 0.850. The minimum atomic E-state index is 0.852. The standard InChI is InChI=1S/C15H26N2S/c1-3-8-17(11-14-5-4-7-16-10-14)12-15-13(2)6-9-18-15/h6,9,14,16H,3-5,7-8,10-12H2,1-2H3. The molecule has 1 saturated heterocycles. The molecule has 102 valence electrons. The lowest BCUT2D eigenvalue weighted by Gasteiger charge is -2.30. The average molecular weight is 266 g/mol. The SMILES string of the molecule is CCCN(Cc1sccc1C)CC1CCCNC1. The number of nitrogens with one attached hydrogen (secondary N) is 1. The highest BCUT2D eigenvalue weighted by Crippen LogP contribution is 2.20. The van der Waals surface area contributed by atoms with Crippen molar-refractivity contribution < 1.29 is 0 Å². The molecule has 1 aliphatic heterocycles. The molecule has 2 heterocycles. The minimum absolute atomic E-state index is 0.852. The number of nitrogens with zero attached hydrogens (tertiary/aromatic N) is 1. The molecule has 1 N–H and O–H groups in total. The smallest absolute Gasteiger partial charge is 0.0330 e. The van der Waals surface area contributed by atoms with Gasteiger partial charge in [-0.15, -0.1) is 11.3 Å². The molecule has 1 aromatic heterocycles. The van der Waals surface area contributed by atoms with Gasteiger partial charge in [-0.25, -0.2) is 0 Å². The number of piperidine rings is 1. The van der Waals surface area contributed by atoms with Crippen molar-refractivity contribution in [3.8, 4) is 0 Å². The van der Waals surface area contributed by atoms with Gasteiger partial charge in [-0.05, 0) is 68.7 Å². The lowest BCUT2D eigenvalue weighted by Crippen LogP contribution is -2.38. The summed E-state index contributed by atoms with van der Waals surface area (Å²) in [5, 5.41) is 5.75. The Morgan fingerprint density at radius 1 is 1.50 bits per heavy atom. The van der Waals surface area contributed by atoms with E-state index < -0.39 is 0 Å². The van der Waals surface area contributed by atoms with Crippen molar-refractivity contribution in [3.05, 3.63) is 21.9 Å². The third-order valence-corrected chi connectivity index (χ3v) is 4.80. The highest BCUT2D eigenvalue weighted by Gasteiger charge is 2.17. The van der Waals surface area contributed by atoms with Crippen LogP contribution in [0.2, 0.25) is 0 Å². The van der Waals surface area contributed by atoms with E-state index in [-0.39, 0.29) is 0 Å². The van der Waals surface area contributed by atoms with Crippen molar-refractivity contribution >= 4 is 11.3 Å². The van der Waals surface area contributed by atoms with Gasteiger partial charge in [-0.1, -0.05) is 6.92 Å². The third kappa shape index (κ3) is 4.08. The van der Waals surface area contributed by atoms with E-state index in [0.717, 1.165) is 12.5 Å². The third-order valence-electron chi connectivity index (χ3n) is 3.79. The van der Waals surface area contributed by atoms with Gasteiger partial charge in [0.2, 0.25) is 0 Å². The molecule has 0 aromatic carbocycles. The fourth-order valence-corrected chi connectivity index (χ4v) is 3.71. The molecule has 0 bridgehead atoms. The van der Waals surface area contributed by atoms with E-state index in [2.05, 4.69) is 35.5 Å². The number of hydrogen-bond acceptors (Lipinski definition) is 3. The van der Waals surface area contributed by atoms with Crippen molar-refractivity contribution in [2.24, 2.45) is 5.92 Å². The van der Waals surface area contributed by atoms with Gasteiger partial charge in [0.1, 0.15) is 0 Å². The Kier molecular flexibility index (Phi) is 5.67. The first-order chi connectivity index (χ1) is 8.79. The second-order valence-electron chi connectivity index (χ2n) is 5.47. The van der Waals surface area contributed by atoms with E-state index in [1.54, 1.807) is 4.88 Å². The Balaban J connectivity index is 1.88. The van der Waals surface area contributed by atoms with Crippen LogP contribution in [0.4, 0.5) is 0 Å². The molecule has 1 aliphatic rings. The summed E-state index contributed by atoms with van der Waals surface area (Å²) in [6.45, 7) is 10.6. The summed E-state index contributed by atoms with van der Waals surface area (Å²) in [7, 11) is 0. The van der Waals surface area contributed by atoms with Crippen LogP contribution in [-0.4, -0.2) is 31.1 Å². The van der Waals surface area contributed by atoms with Gasteiger partial charge in [0, 0.05) is 18.0 Å². The molecule has 3 heteroatoms. The van der Waals surface area contributed by atoms with Crippen LogP contribution in [0.25, 0.3) is 0 Å². The van der Waals surface area contributed by atoms with Gasteiger partial charge < -0.3 is 5.32 Å². The van der Waals surface area contributed by atoms with Gasteiger partial charge in [0.25, 0.3) is 0 Å². The summed E-state index contributed by atoms with van der Waals surface area (Å²) in [4.78, 5) is 4.20. The second-order valence-corrected chi connectivity index (χ2v) is 6.47. The average Bonchev–Trinajstić information content (AvgIpc) is 2.77. The molecule has 18 heavy (non-hydrogen) atoms. The maximum atomic E-state index is 3.53. The van der Waals surface area contributed by atoms with Crippen LogP contribution >= 0.6 is 11.3 Å². The first kappa shape index (κ1) is 14.0. The van der Waals surface area contributed by atoms with Crippen LogP contribution < -0.4 is 5.32 Å². The molecule has 0 aliphatic carbocycles. The Morgan fingerprint density at radius 2 is 2.39 bits per heavy atom. The molecule has 0 amide bonds. The lowest BCUT2D eigenvalue weighted by molar-refractivity contribution is 0.202. The first-order valence-electron chi connectivity index (χ1n) is 7.25. The van der Waals surface area contributed by atoms with Crippen LogP contribution in [0, 0.1) is 12.8 Å². The van der Waals surface area contributed by atoms with Crippen LogP contribution in [0.3, 0.4) is 0 Å². The summed E-state index contributed by atoms with van der Waals surface area (Å²) >= 11 is 1.91. The molecule has 0 radical (unpaired) electrons. The summed E-state index contributed by atoms with van der Waals surface area (Å²) in [6, 6.07) is 2.24. The molecule has 1 unspecified atom stereocenters. The summed E-state index contributed by atoms with van der Waals surface area (Å²) in [5.41, 5.74) is 1.46. The van der Waals surface area contributed by atoms with Gasteiger partial charge in [-0.2, -0.15) is 0 Å². The highest BCUT2D eigenvalue weighted by atomic mass is 32.1. The predicted octanol–water partition coefficient (Wildman–Crippen LogP) is 3.27. The number of hydrogen-bond donors (Lipinski definition) is 1. The van der Waals surface area contributed by atoms with Crippen molar-refractivity contribution in [2.75, 3.05) is 26.2 Å². The van der Waals surface area contributed by atoms with Crippen LogP contribution in [0.15, 0.2) is 11.4 Å². The molecule has 0 spiro atoms.